The predicted molar refractivity (Wildman–Crippen MR) is 113 cm³/mol. The molecule has 1 saturated heterocycles. The van der Waals surface area contributed by atoms with Crippen LogP contribution in [0.1, 0.15) is 49.9 Å². The molecular weight excluding hydrogens is 386 g/mol. The third-order valence-electron chi connectivity index (χ3n) is 6.39. The number of unbranched alkanes of at least 4 members (excludes halogenated alkanes) is 1. The Morgan fingerprint density at radius 2 is 2.10 bits per heavy atom. The van der Waals surface area contributed by atoms with E-state index in [1.807, 2.05) is 0 Å². The van der Waals surface area contributed by atoms with Crippen LogP contribution in [0.5, 0.6) is 0 Å². The predicted octanol–water partition coefficient (Wildman–Crippen LogP) is 3.22. The second-order valence-corrected chi connectivity index (χ2v) is 8.24. The molecular formula is C23H28F2N4O. The highest BCUT2D eigenvalue weighted by molar-refractivity contribution is 5.94. The van der Waals surface area contributed by atoms with E-state index in [0.717, 1.165) is 62.6 Å². The monoisotopic (exact) mass is 414 g/mol. The molecule has 3 N–H and O–H groups in total. The van der Waals surface area contributed by atoms with Gasteiger partial charge < -0.3 is 15.2 Å². The summed E-state index contributed by atoms with van der Waals surface area (Å²) in [6, 6.07) is 1.98. The van der Waals surface area contributed by atoms with Gasteiger partial charge in [-0.25, -0.2) is 8.78 Å². The van der Waals surface area contributed by atoms with Crippen molar-refractivity contribution in [1.82, 2.24) is 20.5 Å². The molecule has 0 spiro atoms. The molecule has 30 heavy (non-hydrogen) atoms. The van der Waals surface area contributed by atoms with Gasteiger partial charge in [0, 0.05) is 23.6 Å². The molecule has 7 heteroatoms. The summed E-state index contributed by atoms with van der Waals surface area (Å²) in [6.45, 7) is 4.56. The van der Waals surface area contributed by atoms with E-state index in [0.29, 0.717) is 17.3 Å². The van der Waals surface area contributed by atoms with Crippen LogP contribution in [-0.2, 0) is 11.2 Å². The lowest BCUT2D eigenvalue weighted by Gasteiger charge is -2.45. The zero-order chi connectivity index (χ0) is 21.3. The first-order chi connectivity index (χ1) is 14.5. The van der Waals surface area contributed by atoms with Crippen molar-refractivity contribution in [3.05, 3.63) is 35.0 Å². The van der Waals surface area contributed by atoms with E-state index in [4.69, 9.17) is 6.42 Å². The van der Waals surface area contributed by atoms with Crippen molar-refractivity contribution in [2.24, 2.45) is 5.92 Å². The van der Waals surface area contributed by atoms with Gasteiger partial charge in [-0.2, -0.15) is 0 Å². The van der Waals surface area contributed by atoms with Crippen molar-refractivity contribution in [2.75, 3.05) is 19.6 Å². The van der Waals surface area contributed by atoms with Crippen LogP contribution in [0.4, 0.5) is 8.78 Å². The summed E-state index contributed by atoms with van der Waals surface area (Å²) in [6.07, 6.45) is 9.45. The second kappa shape index (κ2) is 8.75. The Hall–Kier alpha value is -2.43. The Kier molecular flexibility index (Phi) is 6.07. The minimum Gasteiger partial charge on any atom is -0.354 e. The van der Waals surface area contributed by atoms with Gasteiger partial charge in [-0.05, 0) is 62.4 Å². The van der Waals surface area contributed by atoms with Crippen LogP contribution in [0.2, 0.25) is 0 Å². The first-order valence-corrected chi connectivity index (χ1v) is 10.8. The number of carbonyl (C=O) groups is 1. The van der Waals surface area contributed by atoms with Gasteiger partial charge in [0.2, 0.25) is 0 Å². The van der Waals surface area contributed by atoms with Gasteiger partial charge in [0.05, 0.1) is 17.7 Å². The molecule has 0 radical (unpaired) electrons. The lowest BCUT2D eigenvalue weighted by Crippen LogP contribution is -2.56. The van der Waals surface area contributed by atoms with Gasteiger partial charge in [-0.15, -0.1) is 6.42 Å². The van der Waals surface area contributed by atoms with E-state index in [1.165, 1.54) is 6.07 Å². The third-order valence-corrected chi connectivity index (χ3v) is 6.39. The number of piperidine rings is 1. The fraction of sp³-hybridized carbons (Fsp3) is 0.522. The number of H-pyrrole nitrogens is 1. The average Bonchev–Trinajstić information content (AvgIpc) is 3.11. The van der Waals surface area contributed by atoms with Crippen LogP contribution in [0, 0.1) is 29.9 Å². The Morgan fingerprint density at radius 1 is 1.33 bits per heavy atom. The number of hydrogen-bond acceptors (Lipinski definition) is 3. The van der Waals surface area contributed by atoms with Crippen LogP contribution in [-0.4, -0.2) is 41.6 Å². The number of aromatic nitrogens is 1. The molecule has 1 aromatic heterocycles. The molecule has 1 amide bonds. The summed E-state index contributed by atoms with van der Waals surface area (Å²) in [5.41, 5.74) is 1.96. The number of nitrogens with zero attached hydrogens (tertiary/aromatic N) is 1. The summed E-state index contributed by atoms with van der Waals surface area (Å²) in [7, 11) is 0. The Morgan fingerprint density at radius 3 is 2.80 bits per heavy atom. The number of carbonyl (C=O) groups excluding carboxylic acids is 1. The minimum atomic E-state index is -0.617. The maximum absolute atomic E-state index is 14.6. The van der Waals surface area contributed by atoms with Crippen molar-refractivity contribution in [2.45, 2.75) is 51.2 Å². The molecule has 4 rings (SSSR count). The number of terminal acetylenes is 1. The molecule has 2 atom stereocenters. The molecule has 2 aliphatic heterocycles. The first kappa shape index (κ1) is 20.8. The Labute approximate surface area is 175 Å². The number of rotatable bonds is 5. The van der Waals surface area contributed by atoms with Crippen LogP contribution >= 0.6 is 0 Å². The maximum Gasteiger partial charge on any atom is 0.300 e. The van der Waals surface area contributed by atoms with E-state index in [2.05, 4.69) is 28.5 Å². The standard InChI is InChI=1S/C23H28F2N4O/c1-3-5-8-27-19-13-17-16-11-15(24)12-18(25)21(16)28-22(17)23(29(19)20(30)4-2)14-6-9-26-10-7-14/h2,11-12,14,19,23,26-28H,3,5-10,13H2,1H3/t19-,23+/m1/s1. The highest BCUT2D eigenvalue weighted by atomic mass is 19.1. The van der Waals surface area contributed by atoms with Crippen LogP contribution in [0.25, 0.3) is 10.9 Å². The van der Waals surface area contributed by atoms with Gasteiger partial charge in [-0.3, -0.25) is 10.1 Å². The van der Waals surface area contributed by atoms with Crippen LogP contribution in [0.15, 0.2) is 12.1 Å². The van der Waals surface area contributed by atoms with Gasteiger partial charge in [-0.1, -0.05) is 13.3 Å². The first-order valence-electron chi connectivity index (χ1n) is 10.8. The van der Waals surface area contributed by atoms with Gasteiger partial charge in [0.25, 0.3) is 5.91 Å². The summed E-state index contributed by atoms with van der Waals surface area (Å²) in [5, 5.41) is 7.38. The van der Waals surface area contributed by atoms with Crippen molar-refractivity contribution in [3.8, 4) is 12.3 Å². The Balaban J connectivity index is 1.85. The summed E-state index contributed by atoms with van der Waals surface area (Å²) in [4.78, 5) is 17.9. The quantitative estimate of drug-likeness (QED) is 0.520. The molecule has 0 aliphatic carbocycles. The normalized spacial score (nSPS) is 22.1. The minimum absolute atomic E-state index is 0.180. The molecule has 1 fully saturated rings. The lowest BCUT2D eigenvalue weighted by atomic mass is 9.82. The zero-order valence-electron chi connectivity index (χ0n) is 17.2. The smallest absolute Gasteiger partial charge is 0.300 e. The van der Waals surface area contributed by atoms with Crippen LogP contribution < -0.4 is 10.6 Å². The largest absolute Gasteiger partial charge is 0.354 e. The number of amides is 1. The third kappa shape index (κ3) is 3.70. The average molecular weight is 415 g/mol. The number of halogens is 2. The SMILES string of the molecule is C#CC(=O)N1[C@@H](NCCCC)Cc2c([nH]c3c(F)cc(F)cc23)[C@@H]1C1CCNCC1. The molecule has 0 unspecified atom stereocenters. The van der Waals surface area contributed by atoms with Crippen molar-refractivity contribution in [3.63, 3.8) is 0 Å². The number of nitrogens with one attached hydrogen (secondary N) is 3. The fourth-order valence-corrected chi connectivity index (χ4v) is 4.97. The van der Waals surface area contributed by atoms with E-state index in [1.54, 1.807) is 4.90 Å². The van der Waals surface area contributed by atoms with Crippen molar-refractivity contribution in [1.29, 1.82) is 0 Å². The van der Waals surface area contributed by atoms with E-state index in [-0.39, 0.29) is 24.0 Å². The number of benzene rings is 1. The Bertz CT molecular complexity index is 974. The number of hydrogen-bond donors (Lipinski definition) is 3. The summed E-state index contributed by atoms with van der Waals surface area (Å²) in [5.74, 6) is 0.884. The van der Waals surface area contributed by atoms with Crippen molar-refractivity contribution < 1.29 is 13.6 Å². The number of aromatic amines is 1. The molecule has 1 aromatic carbocycles. The van der Waals surface area contributed by atoms with Gasteiger partial charge in [0.1, 0.15) is 11.6 Å². The van der Waals surface area contributed by atoms with Gasteiger partial charge in [0.15, 0.2) is 0 Å². The maximum atomic E-state index is 14.6. The zero-order valence-corrected chi connectivity index (χ0v) is 17.2. The van der Waals surface area contributed by atoms with E-state index < -0.39 is 11.6 Å². The fourth-order valence-electron chi connectivity index (χ4n) is 4.97. The lowest BCUT2D eigenvalue weighted by molar-refractivity contribution is -0.133. The topological polar surface area (TPSA) is 60.2 Å². The highest BCUT2D eigenvalue weighted by Gasteiger charge is 2.43. The molecule has 0 saturated carbocycles. The van der Waals surface area contributed by atoms with Gasteiger partial charge >= 0.3 is 0 Å². The van der Waals surface area contributed by atoms with E-state index in [9.17, 15) is 13.6 Å². The molecule has 160 valence electrons. The second-order valence-electron chi connectivity index (χ2n) is 8.24. The number of fused-ring (bicyclic) bond motifs is 3. The van der Waals surface area contributed by atoms with E-state index >= 15 is 0 Å². The molecule has 2 aliphatic rings. The highest BCUT2D eigenvalue weighted by Crippen LogP contribution is 2.43. The summed E-state index contributed by atoms with van der Waals surface area (Å²) >= 11 is 0. The molecule has 0 bridgehead atoms. The van der Waals surface area contributed by atoms with Crippen LogP contribution in [0.3, 0.4) is 0 Å². The molecule has 3 heterocycles. The molecule has 5 nitrogen and oxygen atoms in total. The molecule has 2 aromatic rings. The van der Waals surface area contributed by atoms with Crippen molar-refractivity contribution >= 4 is 16.8 Å². The summed E-state index contributed by atoms with van der Waals surface area (Å²) < 4.78 is 28.6.